The van der Waals surface area contributed by atoms with Crippen molar-refractivity contribution in [1.29, 1.82) is 0 Å². The highest BCUT2D eigenvalue weighted by Crippen LogP contribution is 1.97. The van der Waals surface area contributed by atoms with Gasteiger partial charge in [0.2, 0.25) is 5.91 Å². The second kappa shape index (κ2) is 6.47. The highest BCUT2D eigenvalue weighted by molar-refractivity contribution is 6.18. The van der Waals surface area contributed by atoms with Gasteiger partial charge >= 0.3 is 0 Å². The van der Waals surface area contributed by atoms with E-state index in [1.807, 2.05) is 13.8 Å². The van der Waals surface area contributed by atoms with Gasteiger partial charge in [-0.2, -0.15) is 0 Å². The van der Waals surface area contributed by atoms with Crippen LogP contribution in [0.4, 0.5) is 0 Å². The number of carbonyl (C=O) groups excluding carboxylic acids is 1. The first kappa shape index (κ1) is 10.8. The molecular weight excluding hydrogens is 162 g/mol. The van der Waals surface area contributed by atoms with Gasteiger partial charge in [0.1, 0.15) is 0 Å². The molecule has 0 aromatic rings. The van der Waals surface area contributed by atoms with Crippen molar-refractivity contribution in [2.75, 3.05) is 19.0 Å². The Kier molecular flexibility index (Phi) is 6.33. The summed E-state index contributed by atoms with van der Waals surface area (Å²) in [7, 11) is 0. The first-order valence-corrected chi connectivity index (χ1v) is 4.63. The first-order valence-electron chi connectivity index (χ1n) is 4.10. The van der Waals surface area contributed by atoms with E-state index < -0.39 is 0 Å². The van der Waals surface area contributed by atoms with Gasteiger partial charge in [-0.05, 0) is 13.3 Å². The highest BCUT2D eigenvalue weighted by Gasteiger charge is 2.08. The van der Waals surface area contributed by atoms with Gasteiger partial charge in [0, 0.05) is 25.4 Å². The molecule has 3 heteroatoms. The molecule has 0 aliphatic heterocycles. The summed E-state index contributed by atoms with van der Waals surface area (Å²) in [6.07, 6.45) is 1.56. The number of halogens is 1. The van der Waals surface area contributed by atoms with E-state index in [2.05, 4.69) is 0 Å². The molecule has 0 fully saturated rings. The average Bonchev–Trinajstić information content (AvgIpc) is 2.00. The predicted octanol–water partition coefficient (Wildman–Crippen LogP) is 1.87. The lowest BCUT2D eigenvalue weighted by atomic mass is 10.3. The zero-order valence-corrected chi connectivity index (χ0v) is 8.02. The monoisotopic (exact) mass is 177 g/mol. The SMILES string of the molecule is CCCC(=O)N(CC)CCCl. The molecule has 0 saturated carbocycles. The van der Waals surface area contributed by atoms with Crippen molar-refractivity contribution in [2.45, 2.75) is 26.7 Å². The molecule has 0 unspecified atom stereocenters. The Hall–Kier alpha value is -0.240. The lowest BCUT2D eigenvalue weighted by Gasteiger charge is -2.18. The van der Waals surface area contributed by atoms with Crippen LogP contribution in [0, 0.1) is 0 Å². The summed E-state index contributed by atoms with van der Waals surface area (Å²) in [5, 5.41) is 0. The van der Waals surface area contributed by atoms with Crippen molar-refractivity contribution in [2.24, 2.45) is 0 Å². The van der Waals surface area contributed by atoms with Crippen LogP contribution in [0.25, 0.3) is 0 Å². The Bertz CT molecular complexity index is 117. The molecule has 0 saturated heterocycles. The number of hydrogen-bond donors (Lipinski definition) is 0. The van der Waals surface area contributed by atoms with Crippen LogP contribution in [0.1, 0.15) is 26.7 Å². The van der Waals surface area contributed by atoms with E-state index in [4.69, 9.17) is 11.6 Å². The summed E-state index contributed by atoms with van der Waals surface area (Å²) in [6.45, 7) is 5.43. The summed E-state index contributed by atoms with van der Waals surface area (Å²) in [5.74, 6) is 0.749. The van der Waals surface area contributed by atoms with E-state index in [9.17, 15) is 4.79 Å². The zero-order valence-electron chi connectivity index (χ0n) is 7.27. The maximum atomic E-state index is 11.2. The van der Waals surface area contributed by atoms with Crippen molar-refractivity contribution in [3.8, 4) is 0 Å². The molecule has 66 valence electrons. The molecule has 0 aliphatic carbocycles. The van der Waals surface area contributed by atoms with Gasteiger partial charge in [0.05, 0.1) is 0 Å². The molecule has 0 aromatic heterocycles. The van der Waals surface area contributed by atoms with Crippen LogP contribution in [-0.2, 0) is 4.79 Å². The molecule has 0 aromatic carbocycles. The van der Waals surface area contributed by atoms with Crippen molar-refractivity contribution in [3.63, 3.8) is 0 Å². The van der Waals surface area contributed by atoms with Crippen LogP contribution in [-0.4, -0.2) is 29.8 Å². The number of rotatable bonds is 5. The van der Waals surface area contributed by atoms with E-state index >= 15 is 0 Å². The molecule has 0 N–H and O–H groups in total. The Labute approximate surface area is 73.5 Å². The Morgan fingerprint density at radius 2 is 2.09 bits per heavy atom. The topological polar surface area (TPSA) is 20.3 Å². The van der Waals surface area contributed by atoms with Crippen LogP contribution in [0.15, 0.2) is 0 Å². The summed E-state index contributed by atoms with van der Waals surface area (Å²) in [4.78, 5) is 13.0. The normalized spacial score (nSPS) is 9.73. The van der Waals surface area contributed by atoms with E-state index in [1.165, 1.54) is 0 Å². The summed E-state index contributed by atoms with van der Waals surface area (Å²) < 4.78 is 0. The minimum Gasteiger partial charge on any atom is -0.342 e. The molecule has 2 nitrogen and oxygen atoms in total. The fraction of sp³-hybridized carbons (Fsp3) is 0.875. The molecule has 11 heavy (non-hydrogen) atoms. The van der Waals surface area contributed by atoms with Crippen molar-refractivity contribution < 1.29 is 4.79 Å². The third kappa shape index (κ3) is 4.25. The van der Waals surface area contributed by atoms with Crippen molar-refractivity contribution in [1.82, 2.24) is 4.90 Å². The Morgan fingerprint density at radius 1 is 1.45 bits per heavy atom. The predicted molar refractivity (Wildman–Crippen MR) is 47.9 cm³/mol. The van der Waals surface area contributed by atoms with Gasteiger partial charge in [0.25, 0.3) is 0 Å². The number of carbonyl (C=O) groups is 1. The molecule has 0 spiro atoms. The van der Waals surface area contributed by atoms with E-state index in [-0.39, 0.29) is 5.91 Å². The quantitative estimate of drug-likeness (QED) is 0.588. The van der Waals surface area contributed by atoms with Gasteiger partial charge in [-0.25, -0.2) is 0 Å². The minimum atomic E-state index is 0.218. The molecular formula is C8H16ClNO. The second-order valence-corrected chi connectivity index (χ2v) is 2.79. The lowest BCUT2D eigenvalue weighted by Crippen LogP contribution is -2.32. The van der Waals surface area contributed by atoms with E-state index in [0.717, 1.165) is 13.0 Å². The maximum Gasteiger partial charge on any atom is 0.222 e. The van der Waals surface area contributed by atoms with Crippen LogP contribution in [0.5, 0.6) is 0 Å². The smallest absolute Gasteiger partial charge is 0.222 e. The number of alkyl halides is 1. The summed E-state index contributed by atoms with van der Waals surface area (Å²) >= 11 is 5.53. The van der Waals surface area contributed by atoms with Gasteiger partial charge in [0.15, 0.2) is 0 Å². The standard InChI is InChI=1S/C8H16ClNO/c1-3-5-8(11)10(4-2)7-6-9/h3-7H2,1-2H3. The molecule has 0 rings (SSSR count). The van der Waals surface area contributed by atoms with Gasteiger partial charge < -0.3 is 4.90 Å². The van der Waals surface area contributed by atoms with Crippen molar-refractivity contribution >= 4 is 17.5 Å². The Balaban J connectivity index is 3.71. The molecule has 0 aliphatic rings. The minimum absolute atomic E-state index is 0.218. The van der Waals surface area contributed by atoms with E-state index in [1.54, 1.807) is 4.90 Å². The van der Waals surface area contributed by atoms with Crippen molar-refractivity contribution in [3.05, 3.63) is 0 Å². The fourth-order valence-corrected chi connectivity index (χ4v) is 1.14. The molecule has 0 heterocycles. The third-order valence-electron chi connectivity index (χ3n) is 1.55. The number of nitrogens with zero attached hydrogens (tertiary/aromatic N) is 1. The number of hydrogen-bond acceptors (Lipinski definition) is 1. The summed E-state index contributed by atoms with van der Waals surface area (Å²) in [5.41, 5.74) is 0. The van der Waals surface area contributed by atoms with Gasteiger partial charge in [-0.1, -0.05) is 6.92 Å². The second-order valence-electron chi connectivity index (χ2n) is 2.41. The fourth-order valence-electron chi connectivity index (χ4n) is 0.933. The van der Waals surface area contributed by atoms with Gasteiger partial charge in [-0.15, -0.1) is 11.6 Å². The zero-order chi connectivity index (χ0) is 8.69. The first-order chi connectivity index (χ1) is 5.26. The molecule has 0 bridgehead atoms. The number of amides is 1. The molecule has 0 radical (unpaired) electrons. The highest BCUT2D eigenvalue weighted by atomic mass is 35.5. The molecule has 1 amide bonds. The lowest BCUT2D eigenvalue weighted by molar-refractivity contribution is -0.130. The van der Waals surface area contributed by atoms with Crippen LogP contribution >= 0.6 is 11.6 Å². The van der Waals surface area contributed by atoms with Crippen LogP contribution < -0.4 is 0 Å². The Morgan fingerprint density at radius 3 is 2.45 bits per heavy atom. The van der Waals surface area contributed by atoms with Crippen LogP contribution in [0.2, 0.25) is 0 Å². The van der Waals surface area contributed by atoms with E-state index in [0.29, 0.717) is 18.8 Å². The molecule has 0 atom stereocenters. The largest absolute Gasteiger partial charge is 0.342 e. The maximum absolute atomic E-state index is 11.2. The van der Waals surface area contributed by atoms with Crippen LogP contribution in [0.3, 0.4) is 0 Å². The van der Waals surface area contributed by atoms with Gasteiger partial charge in [-0.3, -0.25) is 4.79 Å². The average molecular weight is 178 g/mol. The third-order valence-corrected chi connectivity index (χ3v) is 1.72. The summed E-state index contributed by atoms with van der Waals surface area (Å²) in [6, 6.07) is 0.